The lowest BCUT2D eigenvalue weighted by Gasteiger charge is -2.32. The average molecular weight is 333 g/mol. The van der Waals surface area contributed by atoms with Gasteiger partial charge in [-0.2, -0.15) is 0 Å². The van der Waals surface area contributed by atoms with Gasteiger partial charge in [-0.05, 0) is 70.4 Å². The second kappa shape index (κ2) is 8.46. The van der Waals surface area contributed by atoms with Crippen LogP contribution in [0.25, 0.3) is 0 Å². The third-order valence-electron chi connectivity index (χ3n) is 4.19. The summed E-state index contributed by atoms with van der Waals surface area (Å²) in [5, 5.41) is 0. The van der Waals surface area contributed by atoms with E-state index in [1.165, 1.54) is 30.4 Å². The van der Waals surface area contributed by atoms with Crippen molar-refractivity contribution in [3.63, 3.8) is 0 Å². The smallest absolute Gasteiger partial charge is 0.372 e. The van der Waals surface area contributed by atoms with Crippen LogP contribution in [-0.4, -0.2) is 24.3 Å². The fourth-order valence-corrected chi connectivity index (χ4v) is 2.99. The molecular weight excluding hydrogens is 298 g/mol. The van der Waals surface area contributed by atoms with Gasteiger partial charge >= 0.3 is 5.97 Å². The highest BCUT2D eigenvalue weighted by Gasteiger charge is 2.26. The number of hydrogen-bond acceptors (Lipinski definition) is 2. The van der Waals surface area contributed by atoms with Gasteiger partial charge in [-0.25, -0.2) is 9.79 Å². The molecule has 0 fully saturated rings. The van der Waals surface area contributed by atoms with E-state index in [4.69, 9.17) is 4.74 Å². The number of carbonyl (C=O) groups is 1. The molecule has 1 aliphatic rings. The molecule has 1 N–H and O–H groups in total. The molecule has 3 nitrogen and oxygen atoms in total. The largest absolute Gasteiger partial charge is 0.455 e. The molecule has 0 aromatic carbocycles. The van der Waals surface area contributed by atoms with Gasteiger partial charge in [-0.3, -0.25) is 0 Å². The summed E-state index contributed by atoms with van der Waals surface area (Å²) in [6.45, 7) is 14.7. The van der Waals surface area contributed by atoms with Crippen LogP contribution in [0.2, 0.25) is 0 Å². The van der Waals surface area contributed by atoms with E-state index in [1.54, 1.807) is 6.21 Å². The summed E-state index contributed by atoms with van der Waals surface area (Å²) in [5.74, 6) is -0.245. The van der Waals surface area contributed by atoms with Gasteiger partial charge in [0.25, 0.3) is 0 Å². The third-order valence-corrected chi connectivity index (χ3v) is 4.19. The van der Waals surface area contributed by atoms with Crippen molar-refractivity contribution in [1.82, 2.24) is 0 Å². The molecule has 0 amide bonds. The monoisotopic (exact) mass is 332 g/mol. The van der Waals surface area contributed by atoms with E-state index in [2.05, 4.69) is 44.8 Å². The molecule has 0 aromatic heterocycles. The van der Waals surface area contributed by atoms with E-state index in [1.807, 2.05) is 26.8 Å². The molecule has 0 saturated heterocycles. The van der Waals surface area contributed by atoms with Crippen LogP contribution in [0.5, 0.6) is 0 Å². The van der Waals surface area contributed by atoms with Crippen LogP contribution >= 0.6 is 0 Å². The number of carbonyl (C=O) groups excluding carboxylic acids is 1. The molecule has 0 radical (unpaired) electrons. The standard InChI is InChI=1S/C21H33NO2/c1-16(12-14-22-15-19(23)24-20(3,4)5)10-11-18-17(2)9-8-13-21(18,6)7/h10-12,14H,8-9,13,15H2,1-7H3/p+1/b11-10+,16-12+,22-14?. The number of hydrogen-bond donors (Lipinski definition) is 1. The predicted octanol–water partition coefficient (Wildman–Crippen LogP) is 3.51. The number of rotatable bonds is 5. The third kappa shape index (κ3) is 7.29. The van der Waals surface area contributed by atoms with E-state index in [0.717, 1.165) is 5.57 Å². The Labute approximate surface area is 147 Å². The predicted molar refractivity (Wildman–Crippen MR) is 101 cm³/mol. The summed E-state index contributed by atoms with van der Waals surface area (Å²) in [6.07, 6.45) is 11.9. The molecule has 0 aliphatic heterocycles. The van der Waals surface area contributed by atoms with Crippen molar-refractivity contribution >= 4 is 12.2 Å². The minimum absolute atomic E-state index is 0.183. The second-order valence-corrected chi connectivity index (χ2v) is 8.31. The zero-order valence-electron chi connectivity index (χ0n) is 16.5. The molecule has 0 spiro atoms. The molecule has 24 heavy (non-hydrogen) atoms. The van der Waals surface area contributed by atoms with Crippen molar-refractivity contribution in [2.45, 2.75) is 73.3 Å². The maximum atomic E-state index is 11.6. The van der Waals surface area contributed by atoms with Crippen LogP contribution in [0, 0.1) is 5.41 Å². The van der Waals surface area contributed by atoms with E-state index in [-0.39, 0.29) is 17.9 Å². The van der Waals surface area contributed by atoms with E-state index >= 15 is 0 Å². The average Bonchev–Trinajstić information content (AvgIpc) is 2.40. The Hall–Kier alpha value is -1.64. The zero-order chi connectivity index (χ0) is 18.4. The Morgan fingerprint density at radius 2 is 2.00 bits per heavy atom. The van der Waals surface area contributed by atoms with Crippen LogP contribution < -0.4 is 4.99 Å². The molecule has 0 bridgehead atoms. The summed E-state index contributed by atoms with van der Waals surface area (Å²) in [7, 11) is 0. The lowest BCUT2D eigenvalue weighted by atomic mass is 9.72. The Morgan fingerprint density at radius 3 is 2.58 bits per heavy atom. The minimum Gasteiger partial charge on any atom is -0.455 e. The van der Waals surface area contributed by atoms with Crippen LogP contribution in [0.1, 0.15) is 67.7 Å². The van der Waals surface area contributed by atoms with Gasteiger partial charge in [0.05, 0.1) is 0 Å². The Morgan fingerprint density at radius 1 is 1.33 bits per heavy atom. The van der Waals surface area contributed by atoms with Gasteiger partial charge in [-0.15, -0.1) is 0 Å². The number of ether oxygens (including phenoxy) is 1. The van der Waals surface area contributed by atoms with Crippen molar-refractivity contribution in [3.05, 3.63) is 34.9 Å². The number of nitrogens with one attached hydrogen (secondary N) is 1. The second-order valence-electron chi connectivity index (χ2n) is 8.31. The molecule has 0 unspecified atom stereocenters. The number of allylic oxidation sites excluding steroid dienone is 6. The maximum absolute atomic E-state index is 11.6. The maximum Gasteiger partial charge on any atom is 0.372 e. The van der Waals surface area contributed by atoms with E-state index in [0.29, 0.717) is 0 Å². The molecule has 0 atom stereocenters. The van der Waals surface area contributed by atoms with Crippen molar-refractivity contribution in [2.75, 3.05) is 6.54 Å². The Bertz CT molecular complexity index is 569. The Balaban J connectivity index is 2.61. The lowest BCUT2D eigenvalue weighted by Crippen LogP contribution is -2.71. The summed E-state index contributed by atoms with van der Waals surface area (Å²) in [6, 6.07) is 0. The topological polar surface area (TPSA) is 40.3 Å². The molecular formula is C21H34NO2+. The first-order valence-corrected chi connectivity index (χ1v) is 8.85. The van der Waals surface area contributed by atoms with Gasteiger partial charge in [-0.1, -0.05) is 31.6 Å². The molecule has 1 rings (SSSR count). The van der Waals surface area contributed by atoms with Crippen LogP contribution in [0.4, 0.5) is 0 Å². The summed E-state index contributed by atoms with van der Waals surface area (Å²) in [5.41, 5.74) is 3.93. The first kappa shape index (κ1) is 20.4. The molecule has 0 heterocycles. The summed E-state index contributed by atoms with van der Waals surface area (Å²) in [4.78, 5) is 14.6. The highest BCUT2D eigenvalue weighted by molar-refractivity contribution is 5.72. The SMILES string of the molecule is CC1=C(/C=C/C(C)=C/C=[NH+]CC(=O)OC(C)(C)C)C(C)(C)CCC1. The highest BCUT2D eigenvalue weighted by atomic mass is 16.6. The molecule has 0 saturated carbocycles. The summed E-state index contributed by atoms with van der Waals surface area (Å²) < 4.78 is 5.24. The van der Waals surface area contributed by atoms with Crippen molar-refractivity contribution < 1.29 is 14.5 Å². The van der Waals surface area contributed by atoms with Crippen molar-refractivity contribution in [3.8, 4) is 0 Å². The van der Waals surface area contributed by atoms with Gasteiger partial charge in [0.2, 0.25) is 6.54 Å². The molecule has 134 valence electrons. The first-order valence-electron chi connectivity index (χ1n) is 8.85. The molecule has 1 aliphatic carbocycles. The van der Waals surface area contributed by atoms with Crippen molar-refractivity contribution in [2.24, 2.45) is 5.41 Å². The Kier molecular flexibility index (Phi) is 7.19. The summed E-state index contributed by atoms with van der Waals surface area (Å²) >= 11 is 0. The quantitative estimate of drug-likeness (QED) is 0.475. The van der Waals surface area contributed by atoms with Gasteiger partial charge < -0.3 is 4.74 Å². The van der Waals surface area contributed by atoms with Crippen LogP contribution in [0.3, 0.4) is 0 Å². The van der Waals surface area contributed by atoms with Crippen LogP contribution in [-0.2, 0) is 9.53 Å². The van der Waals surface area contributed by atoms with Crippen molar-refractivity contribution in [1.29, 1.82) is 0 Å². The van der Waals surface area contributed by atoms with Gasteiger partial charge in [0.15, 0.2) is 6.21 Å². The van der Waals surface area contributed by atoms with E-state index < -0.39 is 5.60 Å². The van der Waals surface area contributed by atoms with Crippen LogP contribution in [0.15, 0.2) is 34.9 Å². The first-order chi connectivity index (χ1) is 11.0. The zero-order valence-corrected chi connectivity index (χ0v) is 16.5. The van der Waals surface area contributed by atoms with E-state index in [9.17, 15) is 4.79 Å². The molecule has 0 aromatic rings. The highest BCUT2D eigenvalue weighted by Crippen LogP contribution is 2.40. The lowest BCUT2D eigenvalue weighted by molar-refractivity contribution is -0.441. The van der Waals surface area contributed by atoms with Gasteiger partial charge in [0, 0.05) is 6.08 Å². The fourth-order valence-electron chi connectivity index (χ4n) is 2.99. The molecule has 3 heteroatoms. The normalized spacial score (nSPS) is 19.4. The minimum atomic E-state index is -0.439. The number of esters is 1. The van der Waals surface area contributed by atoms with Gasteiger partial charge in [0.1, 0.15) is 5.60 Å². The fraction of sp³-hybridized carbons (Fsp3) is 0.619.